The number of halogens is 3. The van der Waals surface area contributed by atoms with Gasteiger partial charge < -0.3 is 9.64 Å². The van der Waals surface area contributed by atoms with Crippen LogP contribution in [0, 0.1) is 11.6 Å². The van der Waals surface area contributed by atoms with Crippen LogP contribution < -0.4 is 4.74 Å². The molecule has 3 nitrogen and oxygen atoms in total. The summed E-state index contributed by atoms with van der Waals surface area (Å²) in [6.45, 7) is 2.18. The number of benzene rings is 2. The molecule has 0 aliphatic rings. The van der Waals surface area contributed by atoms with Crippen LogP contribution in [0.4, 0.5) is 8.78 Å². The SMILES string of the molecule is CC(c1ccc(F)c(F)c1)N(C)C(=O)CCCOc1ccc(Cl)cc1. The van der Waals surface area contributed by atoms with Crippen LogP contribution >= 0.6 is 11.6 Å². The highest BCUT2D eigenvalue weighted by atomic mass is 35.5. The van der Waals surface area contributed by atoms with E-state index < -0.39 is 11.6 Å². The van der Waals surface area contributed by atoms with Crippen LogP contribution in [0.1, 0.15) is 31.4 Å². The van der Waals surface area contributed by atoms with Crippen molar-refractivity contribution < 1.29 is 18.3 Å². The van der Waals surface area contributed by atoms with Crippen LogP contribution in [-0.4, -0.2) is 24.5 Å². The van der Waals surface area contributed by atoms with Gasteiger partial charge in [0.15, 0.2) is 11.6 Å². The van der Waals surface area contributed by atoms with Gasteiger partial charge in [0.25, 0.3) is 0 Å². The summed E-state index contributed by atoms with van der Waals surface area (Å²) in [7, 11) is 1.65. The molecule has 0 saturated carbocycles. The van der Waals surface area contributed by atoms with Gasteiger partial charge in [-0.05, 0) is 55.3 Å². The molecule has 0 fully saturated rings. The van der Waals surface area contributed by atoms with Gasteiger partial charge in [-0.25, -0.2) is 8.78 Å². The van der Waals surface area contributed by atoms with Crippen molar-refractivity contribution in [2.45, 2.75) is 25.8 Å². The van der Waals surface area contributed by atoms with Crippen molar-refractivity contribution in [1.82, 2.24) is 4.90 Å². The van der Waals surface area contributed by atoms with Crippen molar-refractivity contribution in [2.24, 2.45) is 0 Å². The molecule has 2 aromatic rings. The lowest BCUT2D eigenvalue weighted by atomic mass is 10.1. The third-order valence-electron chi connectivity index (χ3n) is 4.02. The predicted molar refractivity (Wildman–Crippen MR) is 93.7 cm³/mol. The maximum Gasteiger partial charge on any atom is 0.222 e. The van der Waals surface area contributed by atoms with E-state index in [-0.39, 0.29) is 11.9 Å². The van der Waals surface area contributed by atoms with E-state index in [0.29, 0.717) is 35.8 Å². The molecule has 6 heteroatoms. The smallest absolute Gasteiger partial charge is 0.222 e. The second-order valence-electron chi connectivity index (χ2n) is 5.76. The standard InChI is InChI=1S/C19H20ClF2NO2/c1-13(14-5-10-17(21)18(22)12-14)23(2)19(24)4-3-11-25-16-8-6-15(20)7-9-16/h5-10,12-13H,3-4,11H2,1-2H3. The summed E-state index contributed by atoms with van der Waals surface area (Å²) in [5.74, 6) is -1.21. The minimum atomic E-state index is -0.915. The summed E-state index contributed by atoms with van der Waals surface area (Å²) in [4.78, 5) is 13.8. The molecular formula is C19H20ClF2NO2. The molecular weight excluding hydrogens is 348 g/mol. The van der Waals surface area contributed by atoms with Crippen LogP contribution in [0.15, 0.2) is 42.5 Å². The Hall–Kier alpha value is -2.14. The third-order valence-corrected chi connectivity index (χ3v) is 4.27. The van der Waals surface area contributed by atoms with Crippen LogP contribution in [0.25, 0.3) is 0 Å². The molecule has 0 aliphatic carbocycles. The lowest BCUT2D eigenvalue weighted by Crippen LogP contribution is -2.29. The molecule has 0 heterocycles. The lowest BCUT2D eigenvalue weighted by Gasteiger charge is -2.25. The van der Waals surface area contributed by atoms with Gasteiger partial charge in [-0.2, -0.15) is 0 Å². The largest absolute Gasteiger partial charge is 0.494 e. The Balaban J connectivity index is 1.80. The number of hydrogen-bond donors (Lipinski definition) is 0. The Morgan fingerprint density at radius 3 is 2.48 bits per heavy atom. The Kier molecular flexibility index (Phi) is 6.76. The van der Waals surface area contributed by atoms with E-state index >= 15 is 0 Å². The molecule has 25 heavy (non-hydrogen) atoms. The zero-order chi connectivity index (χ0) is 18.4. The lowest BCUT2D eigenvalue weighted by molar-refractivity contribution is -0.132. The number of nitrogens with zero attached hydrogens (tertiary/aromatic N) is 1. The molecule has 134 valence electrons. The second-order valence-corrected chi connectivity index (χ2v) is 6.20. The van der Waals surface area contributed by atoms with E-state index in [0.717, 1.165) is 12.1 Å². The van der Waals surface area contributed by atoms with Gasteiger partial charge in [0.2, 0.25) is 5.91 Å². The van der Waals surface area contributed by atoms with Crippen molar-refractivity contribution in [1.29, 1.82) is 0 Å². The van der Waals surface area contributed by atoms with E-state index in [2.05, 4.69) is 0 Å². The van der Waals surface area contributed by atoms with E-state index in [1.807, 2.05) is 0 Å². The zero-order valence-electron chi connectivity index (χ0n) is 14.1. The fourth-order valence-electron chi connectivity index (χ4n) is 2.33. The monoisotopic (exact) mass is 367 g/mol. The number of amides is 1. The van der Waals surface area contributed by atoms with E-state index in [1.54, 1.807) is 38.2 Å². The first-order chi connectivity index (χ1) is 11.9. The summed E-state index contributed by atoms with van der Waals surface area (Å²) < 4.78 is 31.9. The molecule has 2 aromatic carbocycles. The minimum Gasteiger partial charge on any atom is -0.494 e. The van der Waals surface area contributed by atoms with Crippen LogP contribution in [-0.2, 0) is 4.79 Å². The highest BCUT2D eigenvalue weighted by Crippen LogP contribution is 2.22. The minimum absolute atomic E-state index is 0.0862. The molecule has 0 aliphatic heterocycles. The highest BCUT2D eigenvalue weighted by molar-refractivity contribution is 6.30. The topological polar surface area (TPSA) is 29.5 Å². The van der Waals surface area contributed by atoms with Crippen molar-refractivity contribution >= 4 is 17.5 Å². The molecule has 2 rings (SSSR count). The van der Waals surface area contributed by atoms with Crippen LogP contribution in [0.5, 0.6) is 5.75 Å². The number of hydrogen-bond acceptors (Lipinski definition) is 2. The van der Waals surface area contributed by atoms with E-state index in [4.69, 9.17) is 16.3 Å². The Morgan fingerprint density at radius 1 is 1.16 bits per heavy atom. The van der Waals surface area contributed by atoms with Gasteiger partial charge in [0, 0.05) is 18.5 Å². The normalized spacial score (nSPS) is 11.9. The van der Waals surface area contributed by atoms with Crippen molar-refractivity contribution in [2.75, 3.05) is 13.7 Å². The van der Waals surface area contributed by atoms with Crippen molar-refractivity contribution in [3.05, 3.63) is 64.7 Å². The maximum atomic E-state index is 13.3. The molecule has 0 saturated heterocycles. The Bertz CT molecular complexity index is 722. The van der Waals surface area contributed by atoms with Gasteiger partial charge in [0.1, 0.15) is 5.75 Å². The molecule has 1 atom stereocenters. The van der Waals surface area contributed by atoms with Gasteiger partial charge in [-0.1, -0.05) is 17.7 Å². The average molecular weight is 368 g/mol. The Morgan fingerprint density at radius 2 is 1.84 bits per heavy atom. The molecule has 1 amide bonds. The first-order valence-electron chi connectivity index (χ1n) is 7.97. The molecule has 0 aromatic heterocycles. The predicted octanol–water partition coefficient (Wildman–Crippen LogP) is 5.00. The molecule has 1 unspecified atom stereocenters. The average Bonchev–Trinajstić information content (AvgIpc) is 2.61. The fraction of sp³-hybridized carbons (Fsp3) is 0.316. The molecule has 0 bridgehead atoms. The summed E-state index contributed by atoms with van der Waals surface area (Å²) >= 11 is 5.80. The quantitative estimate of drug-likeness (QED) is 0.645. The van der Waals surface area contributed by atoms with E-state index in [9.17, 15) is 13.6 Å². The van der Waals surface area contributed by atoms with E-state index in [1.165, 1.54) is 11.0 Å². The zero-order valence-corrected chi connectivity index (χ0v) is 14.9. The second kappa shape index (κ2) is 8.81. The highest BCUT2D eigenvalue weighted by Gasteiger charge is 2.18. The fourth-order valence-corrected chi connectivity index (χ4v) is 2.46. The van der Waals surface area contributed by atoms with Crippen molar-refractivity contribution in [3.8, 4) is 5.75 Å². The molecule has 0 spiro atoms. The maximum absolute atomic E-state index is 13.3. The van der Waals surface area contributed by atoms with Crippen LogP contribution in [0.2, 0.25) is 5.02 Å². The number of rotatable bonds is 7. The first-order valence-corrected chi connectivity index (χ1v) is 8.35. The van der Waals surface area contributed by atoms with Crippen molar-refractivity contribution in [3.63, 3.8) is 0 Å². The van der Waals surface area contributed by atoms with Gasteiger partial charge in [-0.3, -0.25) is 4.79 Å². The first kappa shape index (κ1) is 19.2. The van der Waals surface area contributed by atoms with Gasteiger partial charge >= 0.3 is 0 Å². The van der Waals surface area contributed by atoms with Gasteiger partial charge in [0.05, 0.1) is 12.6 Å². The van der Waals surface area contributed by atoms with Gasteiger partial charge in [-0.15, -0.1) is 0 Å². The molecule has 0 radical (unpaired) electrons. The third kappa shape index (κ3) is 5.43. The number of carbonyl (C=O) groups is 1. The summed E-state index contributed by atoms with van der Waals surface area (Å²) in [5, 5.41) is 0.635. The van der Waals surface area contributed by atoms with Crippen LogP contribution in [0.3, 0.4) is 0 Å². The summed E-state index contributed by atoms with van der Waals surface area (Å²) in [5.41, 5.74) is 0.548. The number of ether oxygens (including phenoxy) is 1. The summed E-state index contributed by atoms with van der Waals surface area (Å²) in [6.07, 6.45) is 0.856. The molecule has 0 N–H and O–H groups in total. The summed E-state index contributed by atoms with van der Waals surface area (Å²) in [6, 6.07) is 10.3. The Labute approximate surface area is 151 Å². The number of carbonyl (C=O) groups excluding carboxylic acids is 1.